The Morgan fingerprint density at radius 1 is 1.40 bits per heavy atom. The van der Waals surface area contributed by atoms with Gasteiger partial charge >= 0.3 is 6.18 Å². The van der Waals surface area contributed by atoms with Gasteiger partial charge in [-0.2, -0.15) is 13.2 Å². The van der Waals surface area contributed by atoms with E-state index in [1.54, 1.807) is 6.92 Å². The minimum absolute atomic E-state index is 0.0638. The summed E-state index contributed by atoms with van der Waals surface area (Å²) in [5, 5.41) is 0. The summed E-state index contributed by atoms with van der Waals surface area (Å²) in [6, 6.07) is 0. The van der Waals surface area contributed by atoms with Crippen molar-refractivity contribution in [2.75, 3.05) is 12.3 Å². The van der Waals surface area contributed by atoms with Gasteiger partial charge in [0.05, 0.1) is 5.75 Å². The predicted molar refractivity (Wildman–Crippen MR) is 51.9 cm³/mol. The average molecular weight is 245 g/mol. The van der Waals surface area contributed by atoms with Crippen molar-refractivity contribution in [2.24, 2.45) is 0 Å². The van der Waals surface area contributed by atoms with Crippen molar-refractivity contribution in [3.05, 3.63) is 12.2 Å². The zero-order valence-corrected chi connectivity index (χ0v) is 9.21. The molecule has 0 saturated heterocycles. The Bertz CT molecular complexity index is 308. The third kappa shape index (κ3) is 9.74. The molecule has 0 saturated carbocycles. The number of hydrogen-bond acceptors (Lipinski definition) is 2. The van der Waals surface area contributed by atoms with E-state index in [1.807, 2.05) is 0 Å². The fourth-order valence-corrected chi connectivity index (χ4v) is 1.90. The highest BCUT2D eigenvalue weighted by molar-refractivity contribution is 7.89. The maximum atomic E-state index is 11.7. The van der Waals surface area contributed by atoms with Crippen LogP contribution in [0.5, 0.6) is 0 Å². The van der Waals surface area contributed by atoms with E-state index in [-0.39, 0.29) is 6.54 Å². The van der Waals surface area contributed by atoms with Crippen LogP contribution in [0.15, 0.2) is 12.2 Å². The molecule has 0 radical (unpaired) electrons. The lowest BCUT2D eigenvalue weighted by Crippen LogP contribution is -2.28. The highest BCUT2D eigenvalue weighted by Gasteiger charge is 2.27. The van der Waals surface area contributed by atoms with Crippen molar-refractivity contribution in [1.82, 2.24) is 4.72 Å². The first kappa shape index (κ1) is 14.4. The highest BCUT2D eigenvalue weighted by atomic mass is 32.2. The Balaban J connectivity index is 3.90. The minimum atomic E-state index is -4.30. The first-order valence-electron chi connectivity index (χ1n) is 4.31. The minimum Gasteiger partial charge on any atom is -0.212 e. The number of halogens is 3. The fourth-order valence-electron chi connectivity index (χ4n) is 0.768. The molecule has 15 heavy (non-hydrogen) atoms. The Morgan fingerprint density at radius 2 is 1.93 bits per heavy atom. The van der Waals surface area contributed by atoms with Gasteiger partial charge in [0.1, 0.15) is 0 Å². The van der Waals surface area contributed by atoms with E-state index in [0.29, 0.717) is 5.57 Å². The second-order valence-electron chi connectivity index (χ2n) is 3.32. The molecule has 3 nitrogen and oxygen atoms in total. The second-order valence-corrected chi connectivity index (χ2v) is 5.24. The van der Waals surface area contributed by atoms with E-state index in [4.69, 9.17) is 0 Å². The molecule has 0 spiro atoms. The van der Waals surface area contributed by atoms with Crippen LogP contribution in [0.1, 0.15) is 19.8 Å². The molecule has 0 heterocycles. The largest absolute Gasteiger partial charge is 0.389 e. The predicted octanol–water partition coefficient (Wildman–Crippen LogP) is 1.82. The lowest BCUT2D eigenvalue weighted by Gasteiger charge is -2.07. The van der Waals surface area contributed by atoms with E-state index in [2.05, 4.69) is 11.3 Å². The van der Waals surface area contributed by atoms with Crippen LogP contribution in [-0.4, -0.2) is 26.9 Å². The smallest absolute Gasteiger partial charge is 0.212 e. The summed E-state index contributed by atoms with van der Waals surface area (Å²) < 4.78 is 59.5. The fraction of sp³-hybridized carbons (Fsp3) is 0.750. The topological polar surface area (TPSA) is 46.2 Å². The molecule has 0 aliphatic carbocycles. The molecule has 0 bridgehead atoms. The van der Waals surface area contributed by atoms with Crippen LogP contribution in [0.4, 0.5) is 13.2 Å². The van der Waals surface area contributed by atoms with E-state index in [9.17, 15) is 21.6 Å². The Kier molecular flexibility index (Phi) is 5.30. The normalized spacial score (nSPS) is 12.8. The van der Waals surface area contributed by atoms with E-state index < -0.39 is 34.8 Å². The van der Waals surface area contributed by atoms with Gasteiger partial charge in [0.25, 0.3) is 0 Å². The maximum absolute atomic E-state index is 11.7. The molecule has 0 atom stereocenters. The zero-order valence-electron chi connectivity index (χ0n) is 8.39. The summed E-state index contributed by atoms with van der Waals surface area (Å²) in [5.74, 6) is -0.514. The van der Waals surface area contributed by atoms with Gasteiger partial charge in [0.15, 0.2) is 0 Å². The van der Waals surface area contributed by atoms with Crippen molar-refractivity contribution in [3.8, 4) is 0 Å². The lowest BCUT2D eigenvalue weighted by atomic mass is 10.3. The van der Waals surface area contributed by atoms with Gasteiger partial charge in [0.2, 0.25) is 10.0 Å². The summed E-state index contributed by atoms with van der Waals surface area (Å²) >= 11 is 0. The molecule has 1 N–H and O–H groups in total. The molecule has 0 aromatic carbocycles. The molecule has 0 rings (SSSR count). The summed E-state index contributed by atoms with van der Waals surface area (Å²) in [7, 11) is -3.61. The van der Waals surface area contributed by atoms with Crippen LogP contribution in [-0.2, 0) is 10.0 Å². The van der Waals surface area contributed by atoms with Gasteiger partial charge in [-0.25, -0.2) is 13.1 Å². The van der Waals surface area contributed by atoms with Gasteiger partial charge in [0, 0.05) is 13.0 Å². The number of alkyl halides is 3. The van der Waals surface area contributed by atoms with Crippen molar-refractivity contribution in [3.63, 3.8) is 0 Å². The molecule has 0 aliphatic heterocycles. The highest BCUT2D eigenvalue weighted by Crippen LogP contribution is 2.21. The Morgan fingerprint density at radius 3 is 2.33 bits per heavy atom. The van der Waals surface area contributed by atoms with Gasteiger partial charge in [-0.3, -0.25) is 0 Å². The summed E-state index contributed by atoms with van der Waals surface area (Å²) in [5.41, 5.74) is 0.606. The summed E-state index contributed by atoms with van der Waals surface area (Å²) in [6.07, 6.45) is -5.81. The van der Waals surface area contributed by atoms with E-state index in [0.717, 1.165) is 0 Å². The number of nitrogens with one attached hydrogen (secondary N) is 1. The van der Waals surface area contributed by atoms with Gasteiger partial charge < -0.3 is 0 Å². The standard InChI is InChI=1S/C8H14F3NO2S/c1-7(2)6-12-15(13,14)5-3-4-8(9,10)11/h12H,1,3-6H2,2H3. The summed E-state index contributed by atoms with van der Waals surface area (Å²) in [4.78, 5) is 0. The Labute approximate surface area is 87.4 Å². The molecule has 7 heteroatoms. The molecule has 0 aliphatic rings. The summed E-state index contributed by atoms with van der Waals surface area (Å²) in [6.45, 7) is 5.16. The third-order valence-corrected chi connectivity index (χ3v) is 2.88. The second kappa shape index (κ2) is 5.50. The van der Waals surface area contributed by atoms with Crippen molar-refractivity contribution >= 4 is 10.0 Å². The molecular formula is C8H14F3NO2S. The molecule has 0 aromatic heterocycles. The van der Waals surface area contributed by atoms with Gasteiger partial charge in [-0.1, -0.05) is 12.2 Å². The lowest BCUT2D eigenvalue weighted by molar-refractivity contribution is -0.134. The zero-order chi connectivity index (χ0) is 12.1. The monoisotopic (exact) mass is 245 g/mol. The van der Waals surface area contributed by atoms with Crippen LogP contribution in [0.2, 0.25) is 0 Å². The van der Waals surface area contributed by atoms with Crippen LogP contribution < -0.4 is 4.72 Å². The molecule has 90 valence electrons. The Hall–Kier alpha value is -0.560. The SMILES string of the molecule is C=C(C)CNS(=O)(=O)CCCC(F)(F)F. The first-order valence-corrected chi connectivity index (χ1v) is 5.96. The van der Waals surface area contributed by atoms with E-state index >= 15 is 0 Å². The van der Waals surface area contributed by atoms with Gasteiger partial charge in [-0.05, 0) is 13.3 Å². The molecule has 0 aromatic rings. The van der Waals surface area contributed by atoms with Crippen molar-refractivity contribution < 1.29 is 21.6 Å². The number of sulfonamides is 1. The number of hydrogen-bond donors (Lipinski definition) is 1. The number of rotatable bonds is 6. The van der Waals surface area contributed by atoms with Gasteiger partial charge in [-0.15, -0.1) is 0 Å². The molecule has 0 fully saturated rings. The first-order chi connectivity index (χ1) is 6.62. The van der Waals surface area contributed by atoms with E-state index in [1.165, 1.54) is 0 Å². The average Bonchev–Trinajstić information content (AvgIpc) is 1.98. The van der Waals surface area contributed by atoms with Crippen molar-refractivity contribution in [2.45, 2.75) is 25.9 Å². The molecule has 0 amide bonds. The maximum Gasteiger partial charge on any atom is 0.389 e. The molecule has 0 unspecified atom stereocenters. The van der Waals surface area contributed by atoms with Crippen LogP contribution in [0.3, 0.4) is 0 Å². The third-order valence-electron chi connectivity index (χ3n) is 1.47. The van der Waals surface area contributed by atoms with Crippen LogP contribution >= 0.6 is 0 Å². The molecular weight excluding hydrogens is 231 g/mol. The van der Waals surface area contributed by atoms with Crippen molar-refractivity contribution in [1.29, 1.82) is 0 Å². The van der Waals surface area contributed by atoms with Crippen LogP contribution in [0, 0.1) is 0 Å². The van der Waals surface area contributed by atoms with Crippen LogP contribution in [0.25, 0.3) is 0 Å². The quantitative estimate of drug-likeness (QED) is 0.725.